The maximum Gasteiger partial charge on any atom is 0.245 e. The highest BCUT2D eigenvalue weighted by molar-refractivity contribution is 9.10. The second-order valence-electron chi connectivity index (χ2n) is 6.11. The Morgan fingerprint density at radius 2 is 1.90 bits per heavy atom. The van der Waals surface area contributed by atoms with Gasteiger partial charge in [-0.2, -0.15) is 0 Å². The molecule has 1 saturated carbocycles. The van der Waals surface area contributed by atoms with Gasteiger partial charge >= 0.3 is 0 Å². The monoisotopic (exact) mass is 351 g/mol. The molecule has 1 heterocycles. The molecule has 0 bridgehead atoms. The molecule has 1 unspecified atom stereocenters. The van der Waals surface area contributed by atoms with Crippen molar-refractivity contribution in [1.29, 1.82) is 0 Å². The van der Waals surface area contributed by atoms with E-state index in [9.17, 15) is 4.79 Å². The Bertz CT molecular complexity index is 553. The molecule has 1 fully saturated rings. The van der Waals surface area contributed by atoms with E-state index in [1.54, 1.807) is 0 Å². The van der Waals surface area contributed by atoms with Crippen molar-refractivity contribution >= 4 is 33.2 Å². The molecule has 0 saturated heterocycles. The van der Waals surface area contributed by atoms with Gasteiger partial charge in [-0.1, -0.05) is 25.7 Å². The predicted molar refractivity (Wildman–Crippen MR) is 89.6 cm³/mol. The van der Waals surface area contributed by atoms with Crippen LogP contribution in [0.5, 0.6) is 0 Å². The molecule has 1 amide bonds. The summed E-state index contributed by atoms with van der Waals surface area (Å²) in [6, 6.07) is 4.07. The fourth-order valence-electron chi connectivity index (χ4n) is 3.41. The number of amides is 1. The van der Waals surface area contributed by atoms with Gasteiger partial charge in [0.05, 0.1) is 5.69 Å². The Labute approximate surface area is 134 Å². The average molecular weight is 352 g/mol. The van der Waals surface area contributed by atoms with Crippen LogP contribution in [0.1, 0.15) is 50.1 Å². The van der Waals surface area contributed by atoms with Gasteiger partial charge < -0.3 is 16.0 Å². The Morgan fingerprint density at radius 3 is 2.57 bits per heavy atom. The molecule has 1 aliphatic heterocycles. The minimum Gasteiger partial charge on any atom is -0.371 e. The predicted octanol–water partition coefficient (Wildman–Crippen LogP) is 3.56. The Balaban J connectivity index is 1.88. The lowest BCUT2D eigenvalue weighted by molar-refractivity contribution is -0.116. The number of nitrogens with one attached hydrogen (secondary N) is 1. The second-order valence-corrected chi connectivity index (χ2v) is 6.97. The van der Waals surface area contributed by atoms with Crippen LogP contribution in [0.2, 0.25) is 0 Å². The van der Waals surface area contributed by atoms with Crippen molar-refractivity contribution in [3.8, 4) is 0 Å². The summed E-state index contributed by atoms with van der Waals surface area (Å²) in [4.78, 5) is 14.1. The standard InChI is InChI=1S/C16H22BrN3O/c1-20(10-6-4-2-3-5-7-10)14-9-13-11(8-12(14)17)15(18)16(21)19-13/h8-10,15H,2-7,18H2,1H3,(H,19,21). The third-order valence-electron chi connectivity index (χ3n) is 4.75. The lowest BCUT2D eigenvalue weighted by atomic mass is 10.0. The number of anilines is 2. The normalized spacial score (nSPS) is 22.6. The van der Waals surface area contributed by atoms with Gasteiger partial charge in [0.25, 0.3) is 0 Å². The number of benzene rings is 1. The van der Waals surface area contributed by atoms with Crippen LogP contribution in [0.25, 0.3) is 0 Å². The van der Waals surface area contributed by atoms with E-state index >= 15 is 0 Å². The summed E-state index contributed by atoms with van der Waals surface area (Å²) in [6.45, 7) is 0. The number of carbonyl (C=O) groups excluding carboxylic acids is 1. The third-order valence-corrected chi connectivity index (χ3v) is 5.38. The lowest BCUT2D eigenvalue weighted by Crippen LogP contribution is -2.31. The Hall–Kier alpha value is -1.07. The van der Waals surface area contributed by atoms with Crippen LogP contribution < -0.4 is 16.0 Å². The number of rotatable bonds is 2. The van der Waals surface area contributed by atoms with Crippen molar-refractivity contribution in [2.75, 3.05) is 17.3 Å². The summed E-state index contributed by atoms with van der Waals surface area (Å²) < 4.78 is 1.01. The third kappa shape index (κ3) is 2.81. The topological polar surface area (TPSA) is 58.4 Å². The van der Waals surface area contributed by atoms with Crippen LogP contribution in [0.3, 0.4) is 0 Å². The molecule has 4 nitrogen and oxygen atoms in total. The molecule has 0 spiro atoms. The molecule has 0 radical (unpaired) electrons. The smallest absolute Gasteiger partial charge is 0.245 e. The summed E-state index contributed by atoms with van der Waals surface area (Å²) in [5.74, 6) is -0.119. The molecule has 1 atom stereocenters. The van der Waals surface area contributed by atoms with E-state index in [2.05, 4.69) is 39.3 Å². The summed E-state index contributed by atoms with van der Waals surface area (Å²) in [7, 11) is 2.15. The Morgan fingerprint density at radius 1 is 1.24 bits per heavy atom. The van der Waals surface area contributed by atoms with E-state index in [-0.39, 0.29) is 5.91 Å². The first-order valence-corrected chi connectivity index (χ1v) is 8.50. The largest absolute Gasteiger partial charge is 0.371 e. The van der Waals surface area contributed by atoms with Crippen LogP contribution in [0, 0.1) is 0 Å². The van der Waals surface area contributed by atoms with Gasteiger partial charge in [0, 0.05) is 28.8 Å². The summed E-state index contributed by atoms with van der Waals surface area (Å²) >= 11 is 3.65. The first-order valence-electron chi connectivity index (χ1n) is 7.70. The van der Waals surface area contributed by atoms with Crippen LogP contribution in [0.15, 0.2) is 16.6 Å². The van der Waals surface area contributed by atoms with Crippen molar-refractivity contribution in [3.05, 3.63) is 22.2 Å². The lowest BCUT2D eigenvalue weighted by Gasteiger charge is -2.30. The molecule has 114 valence electrons. The second kappa shape index (κ2) is 5.97. The Kier molecular flexibility index (Phi) is 4.22. The first-order chi connectivity index (χ1) is 10.1. The molecule has 1 aliphatic carbocycles. The van der Waals surface area contributed by atoms with Crippen LogP contribution in [-0.4, -0.2) is 19.0 Å². The van der Waals surface area contributed by atoms with Gasteiger partial charge in [0.15, 0.2) is 0 Å². The summed E-state index contributed by atoms with van der Waals surface area (Å²) in [5.41, 5.74) is 8.77. The maximum atomic E-state index is 11.7. The zero-order chi connectivity index (χ0) is 15.0. The maximum absolute atomic E-state index is 11.7. The molecule has 3 N–H and O–H groups in total. The highest BCUT2D eigenvalue weighted by atomic mass is 79.9. The number of halogens is 1. The fraction of sp³-hybridized carbons (Fsp3) is 0.562. The number of hydrogen-bond donors (Lipinski definition) is 2. The molecule has 21 heavy (non-hydrogen) atoms. The van der Waals surface area contributed by atoms with Crippen molar-refractivity contribution in [2.45, 2.75) is 50.6 Å². The van der Waals surface area contributed by atoms with E-state index in [1.807, 2.05) is 6.07 Å². The van der Waals surface area contributed by atoms with Crippen LogP contribution in [0.4, 0.5) is 11.4 Å². The average Bonchev–Trinajstić information content (AvgIpc) is 2.68. The van der Waals surface area contributed by atoms with Crippen molar-refractivity contribution < 1.29 is 4.79 Å². The van der Waals surface area contributed by atoms with Crippen molar-refractivity contribution in [1.82, 2.24) is 0 Å². The van der Waals surface area contributed by atoms with Gasteiger partial charge in [0.1, 0.15) is 6.04 Å². The molecule has 1 aromatic rings. The van der Waals surface area contributed by atoms with Gasteiger partial charge in [-0.05, 0) is 40.9 Å². The van der Waals surface area contributed by atoms with E-state index in [1.165, 1.54) is 38.5 Å². The number of nitrogens with two attached hydrogens (primary N) is 1. The van der Waals surface area contributed by atoms with Crippen molar-refractivity contribution in [2.24, 2.45) is 5.73 Å². The van der Waals surface area contributed by atoms with Gasteiger partial charge in [-0.3, -0.25) is 4.79 Å². The molecule has 3 rings (SSSR count). The highest BCUT2D eigenvalue weighted by Gasteiger charge is 2.29. The molecule has 5 heteroatoms. The summed E-state index contributed by atoms with van der Waals surface area (Å²) in [5, 5.41) is 2.87. The fourth-order valence-corrected chi connectivity index (χ4v) is 4.05. The van der Waals surface area contributed by atoms with E-state index in [0.29, 0.717) is 6.04 Å². The molecule has 1 aromatic carbocycles. The SMILES string of the molecule is CN(c1cc2c(cc1Br)C(N)C(=O)N2)C1CCCCCC1. The number of hydrogen-bond acceptors (Lipinski definition) is 3. The van der Waals surface area contributed by atoms with Crippen molar-refractivity contribution in [3.63, 3.8) is 0 Å². The van der Waals surface area contributed by atoms with Gasteiger partial charge in [-0.15, -0.1) is 0 Å². The highest BCUT2D eigenvalue weighted by Crippen LogP contribution is 2.39. The zero-order valence-electron chi connectivity index (χ0n) is 12.4. The number of fused-ring (bicyclic) bond motifs is 1. The van der Waals surface area contributed by atoms with E-state index in [4.69, 9.17) is 5.73 Å². The van der Waals surface area contributed by atoms with Crippen LogP contribution >= 0.6 is 15.9 Å². The zero-order valence-corrected chi connectivity index (χ0v) is 13.9. The number of carbonyl (C=O) groups is 1. The number of nitrogens with zero attached hydrogens (tertiary/aromatic N) is 1. The molecular weight excluding hydrogens is 330 g/mol. The molecule has 0 aromatic heterocycles. The minimum atomic E-state index is -0.548. The van der Waals surface area contributed by atoms with E-state index < -0.39 is 6.04 Å². The van der Waals surface area contributed by atoms with E-state index in [0.717, 1.165) is 21.4 Å². The summed E-state index contributed by atoms with van der Waals surface area (Å²) in [6.07, 6.45) is 7.79. The van der Waals surface area contributed by atoms with Gasteiger partial charge in [0.2, 0.25) is 5.91 Å². The molecule has 2 aliphatic rings. The van der Waals surface area contributed by atoms with Crippen LogP contribution in [-0.2, 0) is 4.79 Å². The first kappa shape index (κ1) is 14.9. The quantitative estimate of drug-likeness (QED) is 0.800. The molecular formula is C16H22BrN3O. The van der Waals surface area contributed by atoms with Gasteiger partial charge in [-0.25, -0.2) is 0 Å². The minimum absolute atomic E-state index is 0.119.